The summed E-state index contributed by atoms with van der Waals surface area (Å²) >= 11 is 0. The Bertz CT molecular complexity index is 1260. The van der Waals surface area contributed by atoms with E-state index in [-0.39, 0.29) is 24.7 Å². The van der Waals surface area contributed by atoms with Crippen LogP contribution in [-0.2, 0) is 9.53 Å². The Labute approximate surface area is 211 Å². The second-order valence-electron chi connectivity index (χ2n) is 9.93. The fourth-order valence-electron chi connectivity index (χ4n) is 4.99. The average Bonchev–Trinajstić information content (AvgIpc) is 3.15. The summed E-state index contributed by atoms with van der Waals surface area (Å²) in [6.45, 7) is 5.27. The van der Waals surface area contributed by atoms with Gasteiger partial charge in [-0.1, -0.05) is 0 Å². The first-order chi connectivity index (χ1) is 17.5. The van der Waals surface area contributed by atoms with Crippen LogP contribution in [0.1, 0.15) is 57.6 Å². The smallest absolute Gasteiger partial charge is 0.258 e. The van der Waals surface area contributed by atoms with Gasteiger partial charge in [-0.05, 0) is 75.1 Å². The number of nitriles is 1. The van der Waals surface area contributed by atoms with Crippen LogP contribution in [0.2, 0.25) is 0 Å². The zero-order valence-corrected chi connectivity index (χ0v) is 21.0. The molecule has 5 rings (SSSR count). The number of carbonyl (C=O) groups is 1. The topological polar surface area (TPSA) is 85.5 Å². The van der Waals surface area contributed by atoms with Gasteiger partial charge in [0.05, 0.1) is 30.0 Å². The molecule has 1 aliphatic heterocycles. The highest BCUT2D eigenvalue weighted by Crippen LogP contribution is 2.43. The standard InChI is InChI=1S/C29H33N3O4/c1-19(2)31-28(33)18-35-22-8-6-20(7-9-22)29-26(17-30)25-11-10-24(36-23-12-14-34-15-13-23)16-27(25)32(29)21-4-3-5-21/h6-11,16,19,21,23H,3-5,12-15,18H2,1-2H3,(H,31,33). The van der Waals surface area contributed by atoms with E-state index in [0.29, 0.717) is 17.4 Å². The first-order valence-electron chi connectivity index (χ1n) is 12.9. The largest absolute Gasteiger partial charge is 0.490 e. The van der Waals surface area contributed by atoms with Gasteiger partial charge in [0.25, 0.3) is 5.91 Å². The van der Waals surface area contributed by atoms with Gasteiger partial charge in [-0.2, -0.15) is 5.26 Å². The van der Waals surface area contributed by atoms with E-state index in [2.05, 4.69) is 22.0 Å². The van der Waals surface area contributed by atoms with Gasteiger partial charge in [0.2, 0.25) is 0 Å². The van der Waals surface area contributed by atoms with Gasteiger partial charge in [-0.3, -0.25) is 4.79 Å². The molecule has 2 fully saturated rings. The van der Waals surface area contributed by atoms with E-state index >= 15 is 0 Å². The predicted octanol–water partition coefficient (Wildman–Crippen LogP) is 5.37. The molecule has 1 aliphatic carbocycles. The summed E-state index contributed by atoms with van der Waals surface area (Å²) in [5, 5.41) is 14.0. The molecule has 3 aromatic rings. The number of hydrogen-bond acceptors (Lipinski definition) is 5. The molecule has 1 aromatic heterocycles. The maximum atomic E-state index is 11.9. The fraction of sp³-hybridized carbons (Fsp3) is 0.448. The predicted molar refractivity (Wildman–Crippen MR) is 138 cm³/mol. The number of carbonyl (C=O) groups excluding carboxylic acids is 1. The van der Waals surface area contributed by atoms with Gasteiger partial charge in [-0.15, -0.1) is 0 Å². The molecule has 1 saturated heterocycles. The minimum atomic E-state index is -0.148. The van der Waals surface area contributed by atoms with Crippen LogP contribution in [0.3, 0.4) is 0 Å². The molecule has 1 N–H and O–H groups in total. The zero-order chi connectivity index (χ0) is 25.1. The van der Waals surface area contributed by atoms with Crippen LogP contribution in [-0.4, -0.2) is 42.4 Å². The highest BCUT2D eigenvalue weighted by Gasteiger charge is 2.28. The summed E-state index contributed by atoms with van der Waals surface area (Å²) in [4.78, 5) is 11.9. The summed E-state index contributed by atoms with van der Waals surface area (Å²) < 4.78 is 19.8. The van der Waals surface area contributed by atoms with Crippen molar-refractivity contribution in [1.29, 1.82) is 5.26 Å². The van der Waals surface area contributed by atoms with Crippen molar-refractivity contribution in [2.24, 2.45) is 0 Å². The first-order valence-corrected chi connectivity index (χ1v) is 12.9. The zero-order valence-electron chi connectivity index (χ0n) is 21.0. The molecule has 1 saturated carbocycles. The Kier molecular flexibility index (Phi) is 7.15. The van der Waals surface area contributed by atoms with Crippen molar-refractivity contribution in [3.63, 3.8) is 0 Å². The summed E-state index contributed by atoms with van der Waals surface area (Å²) in [5.74, 6) is 1.31. The quantitative estimate of drug-likeness (QED) is 0.462. The fourth-order valence-corrected chi connectivity index (χ4v) is 4.99. The lowest BCUT2D eigenvalue weighted by atomic mass is 9.92. The second kappa shape index (κ2) is 10.6. The minimum Gasteiger partial charge on any atom is -0.490 e. The molecule has 0 bridgehead atoms. The second-order valence-corrected chi connectivity index (χ2v) is 9.93. The normalized spacial score (nSPS) is 16.5. The summed E-state index contributed by atoms with van der Waals surface area (Å²) in [5.41, 5.74) is 3.62. The van der Waals surface area contributed by atoms with Crippen molar-refractivity contribution in [3.8, 4) is 28.8 Å². The van der Waals surface area contributed by atoms with Crippen LogP contribution >= 0.6 is 0 Å². The third kappa shape index (κ3) is 5.05. The third-order valence-corrected chi connectivity index (χ3v) is 6.95. The van der Waals surface area contributed by atoms with Crippen molar-refractivity contribution in [2.45, 2.75) is 64.1 Å². The van der Waals surface area contributed by atoms with Crippen molar-refractivity contribution < 1.29 is 19.0 Å². The monoisotopic (exact) mass is 487 g/mol. The highest BCUT2D eigenvalue weighted by molar-refractivity contribution is 5.95. The van der Waals surface area contributed by atoms with Crippen LogP contribution in [0.25, 0.3) is 22.2 Å². The molecule has 0 atom stereocenters. The number of nitrogens with zero attached hydrogens (tertiary/aromatic N) is 2. The van der Waals surface area contributed by atoms with E-state index in [1.165, 1.54) is 6.42 Å². The van der Waals surface area contributed by atoms with Crippen LogP contribution < -0.4 is 14.8 Å². The molecule has 7 nitrogen and oxygen atoms in total. The van der Waals surface area contributed by atoms with Crippen molar-refractivity contribution in [2.75, 3.05) is 19.8 Å². The molecular formula is C29H33N3O4. The van der Waals surface area contributed by atoms with Gasteiger partial charge in [0.1, 0.15) is 23.7 Å². The van der Waals surface area contributed by atoms with Crippen molar-refractivity contribution in [3.05, 3.63) is 48.0 Å². The number of benzene rings is 2. The summed E-state index contributed by atoms with van der Waals surface area (Å²) in [7, 11) is 0. The van der Waals surface area contributed by atoms with Crippen LogP contribution in [0, 0.1) is 11.3 Å². The maximum Gasteiger partial charge on any atom is 0.258 e. The number of ether oxygens (including phenoxy) is 3. The van der Waals surface area contributed by atoms with E-state index < -0.39 is 0 Å². The Morgan fingerprint density at radius 1 is 1.11 bits per heavy atom. The van der Waals surface area contributed by atoms with Crippen LogP contribution in [0.15, 0.2) is 42.5 Å². The van der Waals surface area contributed by atoms with E-state index in [9.17, 15) is 10.1 Å². The molecule has 36 heavy (non-hydrogen) atoms. The first kappa shape index (κ1) is 24.2. The molecular weight excluding hydrogens is 454 g/mol. The van der Waals surface area contributed by atoms with Crippen LogP contribution in [0.5, 0.6) is 11.5 Å². The number of aromatic nitrogens is 1. The Hall–Kier alpha value is -3.50. The molecule has 2 aromatic carbocycles. The highest BCUT2D eigenvalue weighted by atomic mass is 16.5. The Morgan fingerprint density at radius 3 is 2.47 bits per heavy atom. The lowest BCUT2D eigenvalue weighted by Crippen LogP contribution is -2.34. The average molecular weight is 488 g/mol. The molecule has 2 aliphatic rings. The Morgan fingerprint density at radius 2 is 1.83 bits per heavy atom. The molecule has 7 heteroatoms. The van der Waals surface area contributed by atoms with Gasteiger partial charge >= 0.3 is 0 Å². The third-order valence-electron chi connectivity index (χ3n) is 6.95. The molecule has 2 heterocycles. The van der Waals surface area contributed by atoms with E-state index in [1.54, 1.807) is 0 Å². The molecule has 0 spiro atoms. The van der Waals surface area contributed by atoms with Gasteiger partial charge in [0.15, 0.2) is 6.61 Å². The minimum absolute atomic E-state index is 0.0286. The van der Waals surface area contributed by atoms with Crippen molar-refractivity contribution >= 4 is 16.8 Å². The van der Waals surface area contributed by atoms with E-state index in [0.717, 1.165) is 66.8 Å². The maximum absolute atomic E-state index is 11.9. The number of amides is 1. The van der Waals surface area contributed by atoms with Gasteiger partial charge < -0.3 is 24.1 Å². The summed E-state index contributed by atoms with van der Waals surface area (Å²) in [6.07, 6.45) is 5.33. The number of nitrogens with one attached hydrogen (secondary N) is 1. The van der Waals surface area contributed by atoms with Crippen LogP contribution in [0.4, 0.5) is 0 Å². The van der Waals surface area contributed by atoms with Crippen molar-refractivity contribution in [1.82, 2.24) is 9.88 Å². The van der Waals surface area contributed by atoms with E-state index in [4.69, 9.17) is 14.2 Å². The lowest BCUT2D eigenvalue weighted by Gasteiger charge is -2.30. The van der Waals surface area contributed by atoms with Gasteiger partial charge in [-0.25, -0.2) is 0 Å². The number of fused-ring (bicyclic) bond motifs is 1. The van der Waals surface area contributed by atoms with E-state index in [1.807, 2.05) is 50.2 Å². The molecule has 188 valence electrons. The van der Waals surface area contributed by atoms with Gasteiger partial charge in [0, 0.05) is 36.4 Å². The SMILES string of the molecule is CC(C)NC(=O)COc1ccc(-c2c(C#N)c3ccc(OC4CCOCC4)cc3n2C2CCC2)cc1. The number of rotatable bonds is 8. The molecule has 0 unspecified atom stereocenters. The Balaban J connectivity index is 1.46. The summed E-state index contributed by atoms with van der Waals surface area (Å²) in [6, 6.07) is 16.7. The lowest BCUT2D eigenvalue weighted by molar-refractivity contribution is -0.123. The number of hydrogen-bond donors (Lipinski definition) is 1. The molecule has 1 amide bonds. The molecule has 0 radical (unpaired) electrons.